The summed E-state index contributed by atoms with van der Waals surface area (Å²) in [6.07, 6.45) is 1.65. The Morgan fingerprint density at radius 3 is 2.81 bits per heavy atom. The molecule has 1 fully saturated rings. The number of likely N-dealkylation sites (N-methyl/N-ethyl adjacent to an activating group) is 1. The molecule has 5 nitrogen and oxygen atoms in total. The molecule has 1 N–H and O–H groups in total. The number of nitrogens with zero attached hydrogens (tertiary/aromatic N) is 4. The van der Waals surface area contributed by atoms with Gasteiger partial charge in [0.25, 0.3) is 0 Å². The number of nitrogens with one attached hydrogen (secondary N) is 1. The van der Waals surface area contributed by atoms with E-state index in [1.165, 1.54) is 0 Å². The van der Waals surface area contributed by atoms with E-state index >= 15 is 0 Å². The second kappa shape index (κ2) is 4.92. The van der Waals surface area contributed by atoms with Crippen LogP contribution in [0.5, 0.6) is 0 Å². The monoisotopic (exact) mass is 217 g/mol. The molecule has 0 spiro atoms. The Balaban J connectivity index is 1.96. The molecular formula is C11H15N5. The molecule has 1 aromatic heterocycles. The van der Waals surface area contributed by atoms with Crippen LogP contribution in [0.25, 0.3) is 0 Å². The molecule has 0 amide bonds. The van der Waals surface area contributed by atoms with Crippen LogP contribution in [0.15, 0.2) is 18.3 Å². The molecule has 2 heterocycles. The van der Waals surface area contributed by atoms with E-state index in [2.05, 4.69) is 33.4 Å². The van der Waals surface area contributed by atoms with Crippen LogP contribution < -0.4 is 5.43 Å². The fraction of sp³-hybridized carbons (Fsp3) is 0.455. The van der Waals surface area contributed by atoms with Crippen molar-refractivity contribution in [2.75, 3.05) is 38.7 Å². The van der Waals surface area contributed by atoms with Crippen molar-refractivity contribution >= 4 is 5.82 Å². The van der Waals surface area contributed by atoms with Crippen LogP contribution in [-0.4, -0.2) is 48.1 Å². The van der Waals surface area contributed by atoms with Crippen molar-refractivity contribution in [1.82, 2.24) is 14.9 Å². The lowest BCUT2D eigenvalue weighted by molar-refractivity contribution is 0.178. The van der Waals surface area contributed by atoms with Gasteiger partial charge in [0.05, 0.1) is 11.6 Å². The van der Waals surface area contributed by atoms with E-state index in [0.29, 0.717) is 5.56 Å². The average molecular weight is 217 g/mol. The topological polar surface area (TPSA) is 55.2 Å². The molecule has 0 atom stereocenters. The Labute approximate surface area is 95.3 Å². The van der Waals surface area contributed by atoms with E-state index in [9.17, 15) is 0 Å². The predicted octanol–water partition coefficient (Wildman–Crippen LogP) is 0.528. The zero-order valence-corrected chi connectivity index (χ0v) is 9.35. The summed E-state index contributed by atoms with van der Waals surface area (Å²) in [6.45, 7) is 4.03. The van der Waals surface area contributed by atoms with Gasteiger partial charge in [0.1, 0.15) is 5.82 Å². The first-order valence-electron chi connectivity index (χ1n) is 5.34. The standard InChI is InChI=1S/C11H15N5/c1-15-4-6-16(7-5-15)14-11-8-10(9-12)2-3-13-11/h2-3,8H,4-7H2,1H3,(H,13,14). The van der Waals surface area contributed by atoms with Crippen LogP contribution in [0.1, 0.15) is 5.56 Å². The third kappa shape index (κ3) is 2.69. The molecule has 0 aliphatic carbocycles. The van der Waals surface area contributed by atoms with Gasteiger partial charge in [0.15, 0.2) is 0 Å². The molecule has 0 unspecified atom stereocenters. The van der Waals surface area contributed by atoms with E-state index in [4.69, 9.17) is 5.26 Å². The van der Waals surface area contributed by atoms with Gasteiger partial charge in [-0.2, -0.15) is 5.26 Å². The van der Waals surface area contributed by atoms with Crippen LogP contribution in [-0.2, 0) is 0 Å². The van der Waals surface area contributed by atoms with Crippen molar-refractivity contribution < 1.29 is 0 Å². The van der Waals surface area contributed by atoms with E-state index in [0.717, 1.165) is 32.0 Å². The van der Waals surface area contributed by atoms with Crippen LogP contribution in [0.4, 0.5) is 5.82 Å². The molecule has 5 heteroatoms. The van der Waals surface area contributed by atoms with Crippen molar-refractivity contribution in [2.45, 2.75) is 0 Å². The quantitative estimate of drug-likeness (QED) is 0.783. The molecule has 0 aromatic carbocycles. The van der Waals surface area contributed by atoms with Crippen LogP contribution in [0.2, 0.25) is 0 Å². The SMILES string of the molecule is CN1CCN(Nc2cc(C#N)ccn2)CC1. The maximum atomic E-state index is 8.78. The molecule has 0 radical (unpaired) electrons. The lowest BCUT2D eigenvalue weighted by Crippen LogP contribution is -2.47. The van der Waals surface area contributed by atoms with Gasteiger partial charge < -0.3 is 10.3 Å². The summed E-state index contributed by atoms with van der Waals surface area (Å²) in [6, 6.07) is 5.57. The number of hydrazine groups is 1. The van der Waals surface area contributed by atoms with Crippen molar-refractivity contribution in [3.8, 4) is 6.07 Å². The Morgan fingerprint density at radius 1 is 1.38 bits per heavy atom. The van der Waals surface area contributed by atoms with Gasteiger partial charge in [0.2, 0.25) is 0 Å². The maximum absolute atomic E-state index is 8.78. The average Bonchev–Trinajstić information content (AvgIpc) is 2.32. The fourth-order valence-corrected chi connectivity index (χ4v) is 1.64. The minimum absolute atomic E-state index is 0.631. The first kappa shape index (κ1) is 10.9. The summed E-state index contributed by atoms with van der Waals surface area (Å²) in [5, 5.41) is 10.9. The number of anilines is 1. The van der Waals surface area contributed by atoms with Gasteiger partial charge in [0, 0.05) is 32.4 Å². The third-order valence-corrected chi connectivity index (χ3v) is 2.66. The number of hydrogen-bond acceptors (Lipinski definition) is 5. The molecule has 1 aliphatic rings. The molecule has 84 valence electrons. The molecule has 1 aliphatic heterocycles. The molecule has 1 saturated heterocycles. The number of nitriles is 1. The maximum Gasteiger partial charge on any atom is 0.141 e. The second-order valence-electron chi connectivity index (χ2n) is 3.94. The zero-order valence-electron chi connectivity index (χ0n) is 9.35. The number of hydrogen-bond donors (Lipinski definition) is 1. The summed E-state index contributed by atoms with van der Waals surface area (Å²) >= 11 is 0. The predicted molar refractivity (Wildman–Crippen MR) is 61.6 cm³/mol. The Morgan fingerprint density at radius 2 is 2.12 bits per heavy atom. The molecule has 0 bridgehead atoms. The van der Waals surface area contributed by atoms with Gasteiger partial charge in [-0.15, -0.1) is 0 Å². The summed E-state index contributed by atoms with van der Waals surface area (Å²) in [5.41, 5.74) is 3.85. The smallest absolute Gasteiger partial charge is 0.141 e. The Bertz CT molecular complexity index is 390. The third-order valence-electron chi connectivity index (χ3n) is 2.66. The van der Waals surface area contributed by atoms with E-state index in [-0.39, 0.29) is 0 Å². The highest BCUT2D eigenvalue weighted by Gasteiger charge is 2.13. The van der Waals surface area contributed by atoms with Crippen LogP contribution >= 0.6 is 0 Å². The normalized spacial score (nSPS) is 18.0. The van der Waals surface area contributed by atoms with Crippen molar-refractivity contribution in [1.29, 1.82) is 5.26 Å². The van der Waals surface area contributed by atoms with E-state index in [1.807, 2.05) is 0 Å². The zero-order chi connectivity index (χ0) is 11.4. The van der Waals surface area contributed by atoms with Crippen LogP contribution in [0.3, 0.4) is 0 Å². The van der Waals surface area contributed by atoms with E-state index in [1.54, 1.807) is 18.3 Å². The highest BCUT2D eigenvalue weighted by molar-refractivity contribution is 5.41. The number of rotatable bonds is 2. The van der Waals surface area contributed by atoms with Crippen molar-refractivity contribution in [2.24, 2.45) is 0 Å². The van der Waals surface area contributed by atoms with E-state index < -0.39 is 0 Å². The largest absolute Gasteiger partial charge is 0.304 e. The molecular weight excluding hydrogens is 202 g/mol. The summed E-state index contributed by atoms with van der Waals surface area (Å²) < 4.78 is 0. The summed E-state index contributed by atoms with van der Waals surface area (Å²) in [5.74, 6) is 0.739. The first-order valence-corrected chi connectivity index (χ1v) is 5.34. The highest BCUT2D eigenvalue weighted by Crippen LogP contribution is 2.08. The number of pyridine rings is 1. The van der Waals surface area contributed by atoms with Gasteiger partial charge in [-0.05, 0) is 19.2 Å². The minimum Gasteiger partial charge on any atom is -0.304 e. The Kier molecular flexibility index (Phi) is 3.34. The summed E-state index contributed by atoms with van der Waals surface area (Å²) in [7, 11) is 2.12. The van der Waals surface area contributed by atoms with Gasteiger partial charge in [-0.3, -0.25) is 0 Å². The van der Waals surface area contributed by atoms with Crippen molar-refractivity contribution in [3.63, 3.8) is 0 Å². The lowest BCUT2D eigenvalue weighted by atomic mass is 10.3. The van der Waals surface area contributed by atoms with Gasteiger partial charge in [-0.25, -0.2) is 9.99 Å². The van der Waals surface area contributed by atoms with Gasteiger partial charge in [-0.1, -0.05) is 0 Å². The van der Waals surface area contributed by atoms with Crippen molar-refractivity contribution in [3.05, 3.63) is 23.9 Å². The molecule has 2 rings (SSSR count). The Hall–Kier alpha value is -1.64. The lowest BCUT2D eigenvalue weighted by Gasteiger charge is -2.32. The molecule has 1 aromatic rings. The minimum atomic E-state index is 0.631. The number of piperazine rings is 1. The van der Waals surface area contributed by atoms with Gasteiger partial charge >= 0.3 is 0 Å². The number of aromatic nitrogens is 1. The molecule has 0 saturated carbocycles. The first-order chi connectivity index (χ1) is 7.78. The highest BCUT2D eigenvalue weighted by atomic mass is 15.5. The summed E-state index contributed by atoms with van der Waals surface area (Å²) in [4.78, 5) is 6.47. The second-order valence-corrected chi connectivity index (χ2v) is 3.94. The molecule has 16 heavy (non-hydrogen) atoms. The fourth-order valence-electron chi connectivity index (χ4n) is 1.64. The van der Waals surface area contributed by atoms with Crippen LogP contribution in [0, 0.1) is 11.3 Å².